The van der Waals surface area contributed by atoms with Crippen LogP contribution in [0.1, 0.15) is 38.8 Å². The van der Waals surface area contributed by atoms with Crippen molar-refractivity contribution < 1.29 is 23.2 Å². The van der Waals surface area contributed by atoms with Gasteiger partial charge in [-0.25, -0.2) is 0 Å². The van der Waals surface area contributed by atoms with Crippen molar-refractivity contribution in [3.8, 4) is 0 Å². The van der Waals surface area contributed by atoms with Crippen molar-refractivity contribution in [2.24, 2.45) is 20.5 Å². The van der Waals surface area contributed by atoms with Gasteiger partial charge in [-0.3, -0.25) is 4.55 Å². The molecule has 0 saturated heterocycles. The molecule has 0 aliphatic heterocycles. The van der Waals surface area contributed by atoms with Crippen LogP contribution in [0.3, 0.4) is 0 Å². The molecule has 5 N–H and O–H groups in total. The van der Waals surface area contributed by atoms with Crippen molar-refractivity contribution >= 4 is 73.5 Å². The lowest BCUT2D eigenvalue weighted by Crippen LogP contribution is -2.31. The van der Waals surface area contributed by atoms with E-state index in [0.29, 0.717) is 28.3 Å². The second-order valence-electron chi connectivity index (χ2n) is 13.3. The summed E-state index contributed by atoms with van der Waals surface area (Å²) in [6.45, 7) is 14.8. The first-order valence-corrected chi connectivity index (χ1v) is 20.9. The number of rotatable bonds is 20. The third-order valence-electron chi connectivity index (χ3n) is 9.48. The lowest BCUT2D eigenvalue weighted by molar-refractivity contribution is 0.280. The normalized spacial score (nSPS) is 11.7. The molecule has 0 aliphatic rings. The Morgan fingerprint density at radius 3 is 1.53 bits per heavy atom. The van der Waals surface area contributed by atoms with Gasteiger partial charge in [0, 0.05) is 50.6 Å². The summed E-state index contributed by atoms with van der Waals surface area (Å²) in [5.74, 6) is 0.430. The minimum atomic E-state index is -4.47. The Kier molecular flexibility index (Phi) is 15.3. The van der Waals surface area contributed by atoms with Crippen molar-refractivity contribution in [1.29, 1.82) is 0 Å². The third-order valence-corrected chi connectivity index (χ3v) is 10.3. The number of aliphatic hydroxyl groups is 2. The number of hydrogen-bond acceptors (Lipinski definition) is 16. The number of aryl methyl sites for hydroxylation is 2. The lowest BCUT2D eigenvalue weighted by Gasteiger charge is -2.24. The molecule has 17 nitrogen and oxygen atoms in total. The zero-order chi connectivity index (χ0) is 42.5. The summed E-state index contributed by atoms with van der Waals surface area (Å²) in [4.78, 5) is 19.9. The second kappa shape index (κ2) is 20.6. The van der Waals surface area contributed by atoms with Crippen LogP contribution in [0.2, 0.25) is 0 Å². The summed E-state index contributed by atoms with van der Waals surface area (Å²) in [5, 5.41) is 44.6. The maximum atomic E-state index is 11.9. The molecule has 5 aromatic rings. The number of anilines is 7. The molecule has 0 spiro atoms. The van der Waals surface area contributed by atoms with Crippen molar-refractivity contribution in [2.45, 2.75) is 46.4 Å². The highest BCUT2D eigenvalue weighted by molar-refractivity contribution is 7.85. The molecule has 59 heavy (non-hydrogen) atoms. The number of nitrogens with one attached hydrogen (secondary N) is 2. The van der Waals surface area contributed by atoms with E-state index in [1.165, 1.54) is 12.1 Å². The Bertz CT molecular complexity index is 2360. The van der Waals surface area contributed by atoms with Gasteiger partial charge in [0.05, 0.1) is 40.9 Å². The van der Waals surface area contributed by atoms with Crippen LogP contribution in [0.25, 0.3) is 0 Å². The molecule has 5 rings (SSSR count). The summed E-state index contributed by atoms with van der Waals surface area (Å²) in [6, 6.07) is 23.2. The van der Waals surface area contributed by atoms with Gasteiger partial charge in [0.15, 0.2) is 0 Å². The quantitative estimate of drug-likeness (QED) is 0.0368. The molecule has 0 aliphatic carbocycles. The molecule has 1 heterocycles. The topological polar surface area (TPSA) is 217 Å². The Balaban J connectivity index is 1.64. The van der Waals surface area contributed by atoms with Gasteiger partial charge < -0.3 is 35.5 Å². The van der Waals surface area contributed by atoms with E-state index >= 15 is 0 Å². The average Bonchev–Trinajstić information content (AvgIpc) is 3.21. The highest BCUT2D eigenvalue weighted by Crippen LogP contribution is 2.37. The Hall–Kier alpha value is -6.08. The van der Waals surface area contributed by atoms with Crippen LogP contribution in [-0.4, -0.2) is 90.6 Å². The van der Waals surface area contributed by atoms with Gasteiger partial charge in [-0.15, -0.1) is 10.2 Å². The Morgan fingerprint density at radius 1 is 0.576 bits per heavy atom. The van der Waals surface area contributed by atoms with E-state index in [9.17, 15) is 23.2 Å². The average molecular weight is 825 g/mol. The zero-order valence-corrected chi connectivity index (χ0v) is 35.0. The maximum absolute atomic E-state index is 11.9. The van der Waals surface area contributed by atoms with E-state index in [4.69, 9.17) is 15.0 Å². The fourth-order valence-electron chi connectivity index (χ4n) is 6.15. The second-order valence-corrected chi connectivity index (χ2v) is 14.7. The van der Waals surface area contributed by atoms with Gasteiger partial charge in [-0.2, -0.15) is 33.6 Å². The predicted molar refractivity (Wildman–Crippen MR) is 233 cm³/mol. The van der Waals surface area contributed by atoms with Crippen LogP contribution in [0, 0.1) is 13.8 Å². The van der Waals surface area contributed by atoms with E-state index in [-0.39, 0.29) is 54.7 Å². The largest absolute Gasteiger partial charge is 0.395 e. The van der Waals surface area contributed by atoms with Crippen LogP contribution in [-0.2, 0) is 10.1 Å². The lowest BCUT2D eigenvalue weighted by atomic mass is 10.2. The standard InChI is InChI=1S/C41H52N12O5S/c1-7-51(8-2)30-16-19-34(48-47-33-14-12-11-13-28(33)5)37(25-30)42-39-44-40(46-41(45-39)53(21-23-54)22-24-55)43-38-26-31(52(9-3)10-4)17-20-35(38)49-50-36-27-32(59(56,57)58)18-15-29(36)6/h11-20,25-27,54-55H,7-10,21-24H2,1-6H3,(H,56,57,58)(H2,42,43,44,45,46)/b48-47+,50-49+. The zero-order valence-electron chi connectivity index (χ0n) is 34.2. The first-order chi connectivity index (χ1) is 28.4. The third kappa shape index (κ3) is 11.5. The van der Waals surface area contributed by atoms with Gasteiger partial charge in [-0.05, 0) is 107 Å². The first-order valence-electron chi connectivity index (χ1n) is 19.4. The highest BCUT2D eigenvalue weighted by atomic mass is 32.2. The van der Waals surface area contributed by atoms with E-state index in [0.717, 1.165) is 48.8 Å². The molecule has 1 aromatic heterocycles. The Morgan fingerprint density at radius 2 is 1.05 bits per heavy atom. The molecule has 4 aromatic carbocycles. The minimum absolute atomic E-state index is 0.110. The van der Waals surface area contributed by atoms with E-state index < -0.39 is 10.1 Å². The van der Waals surface area contributed by atoms with Gasteiger partial charge in [-0.1, -0.05) is 24.3 Å². The fraction of sp³-hybridized carbons (Fsp3) is 0.341. The molecule has 0 saturated carbocycles. The smallest absolute Gasteiger partial charge is 0.294 e. The maximum Gasteiger partial charge on any atom is 0.294 e. The highest BCUT2D eigenvalue weighted by Gasteiger charge is 2.18. The Labute approximate surface area is 345 Å². The molecule has 0 bridgehead atoms. The number of aromatic nitrogens is 3. The van der Waals surface area contributed by atoms with Gasteiger partial charge in [0.25, 0.3) is 10.1 Å². The monoisotopic (exact) mass is 824 g/mol. The fourth-order valence-corrected chi connectivity index (χ4v) is 6.65. The van der Waals surface area contributed by atoms with Crippen LogP contribution < -0.4 is 25.3 Å². The first kappa shape index (κ1) is 44.0. The van der Waals surface area contributed by atoms with Crippen molar-refractivity contribution in [3.63, 3.8) is 0 Å². The molecule has 0 unspecified atom stereocenters. The SMILES string of the molecule is CCN(CC)c1ccc(/N=N/c2ccccc2C)c(Nc2nc(Nc3cc(N(CC)CC)ccc3/N=N/c3cc(S(=O)(=O)O)ccc3C)nc(N(CCO)CCO)n2)c1. The van der Waals surface area contributed by atoms with Gasteiger partial charge >= 0.3 is 0 Å². The van der Waals surface area contributed by atoms with E-state index in [1.54, 1.807) is 24.0 Å². The summed E-state index contributed by atoms with van der Waals surface area (Å²) in [7, 11) is -4.47. The number of azo groups is 2. The molecule has 0 fully saturated rings. The number of benzene rings is 4. The number of nitrogens with zero attached hydrogens (tertiary/aromatic N) is 10. The molecule has 312 valence electrons. The molecule has 18 heteroatoms. The summed E-state index contributed by atoms with van der Waals surface area (Å²) >= 11 is 0. The molecular weight excluding hydrogens is 773 g/mol. The van der Waals surface area contributed by atoms with E-state index in [1.807, 2.05) is 75.4 Å². The molecule has 0 amide bonds. The minimum Gasteiger partial charge on any atom is -0.395 e. The van der Waals surface area contributed by atoms with Crippen LogP contribution >= 0.6 is 0 Å². The summed E-state index contributed by atoms with van der Waals surface area (Å²) in [6.07, 6.45) is 0. The summed E-state index contributed by atoms with van der Waals surface area (Å²) in [5.41, 5.74) is 6.38. The number of aliphatic hydroxyl groups excluding tert-OH is 2. The number of hydrogen-bond donors (Lipinski definition) is 5. The van der Waals surface area contributed by atoms with Gasteiger partial charge in [0.1, 0.15) is 11.4 Å². The predicted octanol–water partition coefficient (Wildman–Crippen LogP) is 8.54. The van der Waals surface area contributed by atoms with Crippen molar-refractivity contribution in [1.82, 2.24) is 15.0 Å². The van der Waals surface area contributed by atoms with Crippen LogP contribution in [0.15, 0.2) is 104 Å². The van der Waals surface area contributed by atoms with Crippen molar-refractivity contribution in [2.75, 3.05) is 77.8 Å². The van der Waals surface area contributed by atoms with Gasteiger partial charge in [0.2, 0.25) is 17.8 Å². The molecule has 0 radical (unpaired) electrons. The van der Waals surface area contributed by atoms with Crippen LogP contribution in [0.4, 0.5) is 63.3 Å². The van der Waals surface area contributed by atoms with Crippen molar-refractivity contribution in [3.05, 3.63) is 90.0 Å². The van der Waals surface area contributed by atoms with E-state index in [2.05, 4.69) is 54.7 Å². The summed E-state index contributed by atoms with van der Waals surface area (Å²) < 4.78 is 33.4. The molecule has 0 atom stereocenters. The molecular formula is C41H52N12O5S. The van der Waals surface area contributed by atoms with Crippen LogP contribution in [0.5, 0.6) is 0 Å².